The highest BCUT2D eigenvalue weighted by atomic mass is 32.2. The predicted octanol–water partition coefficient (Wildman–Crippen LogP) is 4.47. The maximum atomic E-state index is 13.7. The first-order valence-electron chi connectivity index (χ1n) is 11.3. The summed E-state index contributed by atoms with van der Waals surface area (Å²) in [5.41, 5.74) is 1.09. The Morgan fingerprint density at radius 2 is 1.55 bits per heavy atom. The molecule has 3 aromatic rings. The molecule has 2 aromatic carbocycles. The van der Waals surface area contributed by atoms with E-state index in [-0.39, 0.29) is 17.5 Å². The summed E-state index contributed by atoms with van der Waals surface area (Å²) in [5, 5.41) is 0. The fourth-order valence-electron chi connectivity index (χ4n) is 4.37. The highest BCUT2D eigenvalue weighted by Crippen LogP contribution is 2.30. The van der Waals surface area contributed by atoms with Crippen molar-refractivity contribution in [2.24, 2.45) is 0 Å². The van der Waals surface area contributed by atoms with E-state index >= 15 is 0 Å². The van der Waals surface area contributed by atoms with Crippen LogP contribution in [0.15, 0.2) is 65.8 Å². The van der Waals surface area contributed by atoms with E-state index in [1.165, 1.54) is 0 Å². The second-order valence-corrected chi connectivity index (χ2v) is 10.2. The zero-order valence-corrected chi connectivity index (χ0v) is 20.0. The molecule has 0 N–H and O–H groups in total. The predicted molar refractivity (Wildman–Crippen MR) is 127 cm³/mol. The Morgan fingerprint density at radius 3 is 2.15 bits per heavy atom. The van der Waals surface area contributed by atoms with Crippen molar-refractivity contribution in [3.63, 3.8) is 0 Å². The molecule has 1 fully saturated rings. The first kappa shape index (κ1) is 23.3. The van der Waals surface area contributed by atoms with Crippen LogP contribution in [0.4, 0.5) is 0 Å². The molecule has 176 valence electrons. The lowest BCUT2D eigenvalue weighted by atomic mass is 9.95. The van der Waals surface area contributed by atoms with Gasteiger partial charge in [0.1, 0.15) is 17.3 Å². The standard InChI is InChI=1S/C25H31N3O4S/c1-31-22-10-8-20(9-11-22)18-27-17-16-26-25(27)19-28(21-6-4-3-5-7-21)33(29,30)24-14-12-23(32-2)13-15-24/h8-17,21H,3-7,18-19H2,1-2H3. The number of nitrogens with zero attached hydrogens (tertiary/aromatic N) is 3. The topological polar surface area (TPSA) is 73.7 Å². The van der Waals surface area contributed by atoms with Crippen LogP contribution in [0, 0.1) is 0 Å². The summed E-state index contributed by atoms with van der Waals surface area (Å²) in [4.78, 5) is 4.81. The molecule has 1 aliphatic rings. The van der Waals surface area contributed by atoms with E-state index in [1.54, 1.807) is 49.0 Å². The molecule has 33 heavy (non-hydrogen) atoms. The normalized spacial score (nSPS) is 15.0. The molecular formula is C25H31N3O4S. The molecule has 0 spiro atoms. The lowest BCUT2D eigenvalue weighted by Crippen LogP contribution is -2.41. The van der Waals surface area contributed by atoms with Gasteiger partial charge in [-0.1, -0.05) is 31.4 Å². The number of imidazole rings is 1. The second kappa shape index (κ2) is 10.4. The molecule has 1 heterocycles. The van der Waals surface area contributed by atoms with Crippen LogP contribution in [0.25, 0.3) is 0 Å². The van der Waals surface area contributed by atoms with Crippen LogP contribution in [0.3, 0.4) is 0 Å². The Morgan fingerprint density at radius 1 is 0.939 bits per heavy atom. The molecule has 0 unspecified atom stereocenters. The van der Waals surface area contributed by atoms with Gasteiger partial charge in [-0.25, -0.2) is 13.4 Å². The summed E-state index contributed by atoms with van der Waals surface area (Å²) < 4.78 is 41.6. The van der Waals surface area contributed by atoms with Crippen molar-refractivity contribution in [1.82, 2.24) is 13.9 Å². The third-order valence-electron chi connectivity index (χ3n) is 6.26. The molecule has 8 heteroatoms. The van der Waals surface area contributed by atoms with Crippen LogP contribution in [0.5, 0.6) is 11.5 Å². The fourth-order valence-corrected chi connectivity index (χ4v) is 6.00. The maximum Gasteiger partial charge on any atom is 0.243 e. The SMILES string of the molecule is COc1ccc(Cn2ccnc2CN(C2CCCCC2)S(=O)(=O)c2ccc(OC)cc2)cc1. The molecule has 7 nitrogen and oxygen atoms in total. The van der Waals surface area contributed by atoms with Gasteiger partial charge in [-0.05, 0) is 54.8 Å². The molecule has 0 atom stereocenters. The number of methoxy groups -OCH3 is 2. The van der Waals surface area contributed by atoms with Crippen molar-refractivity contribution in [3.8, 4) is 11.5 Å². The highest BCUT2D eigenvalue weighted by molar-refractivity contribution is 7.89. The van der Waals surface area contributed by atoms with E-state index in [9.17, 15) is 8.42 Å². The van der Waals surface area contributed by atoms with Crippen LogP contribution in [-0.4, -0.2) is 42.5 Å². The van der Waals surface area contributed by atoms with Gasteiger partial charge in [-0.2, -0.15) is 4.31 Å². The average molecular weight is 470 g/mol. The zero-order valence-electron chi connectivity index (χ0n) is 19.2. The Kier molecular flexibility index (Phi) is 7.35. The van der Waals surface area contributed by atoms with Crippen LogP contribution < -0.4 is 9.47 Å². The number of rotatable bonds is 9. The summed E-state index contributed by atoms with van der Waals surface area (Å²) in [7, 11) is -0.478. The number of benzene rings is 2. The van der Waals surface area contributed by atoms with Crippen LogP contribution in [-0.2, 0) is 23.1 Å². The van der Waals surface area contributed by atoms with E-state index in [0.29, 0.717) is 12.3 Å². The molecule has 1 aromatic heterocycles. The number of ether oxygens (including phenoxy) is 2. The minimum Gasteiger partial charge on any atom is -0.497 e. The van der Waals surface area contributed by atoms with E-state index in [1.807, 2.05) is 35.0 Å². The highest BCUT2D eigenvalue weighted by Gasteiger charge is 2.33. The summed E-state index contributed by atoms with van der Waals surface area (Å²) in [6.45, 7) is 0.850. The first-order chi connectivity index (χ1) is 16.0. The third kappa shape index (κ3) is 5.39. The Bertz CT molecular complexity index is 1140. The van der Waals surface area contributed by atoms with Crippen molar-refractivity contribution >= 4 is 10.0 Å². The molecule has 0 bridgehead atoms. The van der Waals surface area contributed by atoms with Crippen LogP contribution >= 0.6 is 0 Å². The maximum absolute atomic E-state index is 13.7. The lowest BCUT2D eigenvalue weighted by Gasteiger charge is -2.33. The summed E-state index contributed by atoms with van der Waals surface area (Å²) in [6, 6.07) is 14.5. The molecule has 0 saturated heterocycles. The van der Waals surface area contributed by atoms with E-state index in [0.717, 1.165) is 49.2 Å². The molecule has 1 aliphatic carbocycles. The van der Waals surface area contributed by atoms with Crippen molar-refractivity contribution in [3.05, 3.63) is 72.3 Å². The van der Waals surface area contributed by atoms with Crippen molar-refractivity contribution in [1.29, 1.82) is 0 Å². The lowest BCUT2D eigenvalue weighted by molar-refractivity contribution is 0.242. The fraction of sp³-hybridized carbons (Fsp3) is 0.400. The Labute approximate surface area is 196 Å². The number of hydrogen-bond donors (Lipinski definition) is 0. The van der Waals surface area contributed by atoms with Gasteiger partial charge in [0.05, 0.1) is 25.7 Å². The van der Waals surface area contributed by atoms with Crippen molar-refractivity contribution < 1.29 is 17.9 Å². The van der Waals surface area contributed by atoms with Gasteiger partial charge in [0.25, 0.3) is 0 Å². The quantitative estimate of drug-likeness (QED) is 0.462. The minimum atomic E-state index is -3.69. The van der Waals surface area contributed by atoms with Gasteiger partial charge in [-0.15, -0.1) is 0 Å². The molecular weight excluding hydrogens is 438 g/mol. The minimum absolute atomic E-state index is 0.0306. The number of hydrogen-bond acceptors (Lipinski definition) is 5. The molecule has 0 aliphatic heterocycles. The molecule has 0 radical (unpaired) electrons. The van der Waals surface area contributed by atoms with Gasteiger partial charge in [0.2, 0.25) is 10.0 Å². The molecule has 0 amide bonds. The van der Waals surface area contributed by atoms with Crippen LogP contribution in [0.2, 0.25) is 0 Å². The average Bonchev–Trinajstić information content (AvgIpc) is 3.30. The van der Waals surface area contributed by atoms with Crippen molar-refractivity contribution in [2.45, 2.75) is 56.1 Å². The summed E-state index contributed by atoms with van der Waals surface area (Å²) >= 11 is 0. The zero-order chi connectivity index (χ0) is 23.3. The Hall–Kier alpha value is -2.84. The molecule has 1 saturated carbocycles. The third-order valence-corrected chi connectivity index (χ3v) is 8.17. The Balaban J connectivity index is 1.61. The van der Waals surface area contributed by atoms with E-state index in [4.69, 9.17) is 9.47 Å². The largest absolute Gasteiger partial charge is 0.497 e. The molecule has 4 rings (SSSR count). The van der Waals surface area contributed by atoms with Crippen LogP contribution in [0.1, 0.15) is 43.5 Å². The summed E-state index contributed by atoms with van der Waals surface area (Å²) in [6.07, 6.45) is 8.61. The van der Waals surface area contributed by atoms with Gasteiger partial charge < -0.3 is 14.0 Å². The first-order valence-corrected chi connectivity index (χ1v) is 12.7. The van der Waals surface area contributed by atoms with Gasteiger partial charge in [0.15, 0.2) is 0 Å². The van der Waals surface area contributed by atoms with Gasteiger partial charge >= 0.3 is 0 Å². The van der Waals surface area contributed by atoms with E-state index < -0.39 is 10.0 Å². The smallest absolute Gasteiger partial charge is 0.243 e. The van der Waals surface area contributed by atoms with Gasteiger partial charge in [0, 0.05) is 25.0 Å². The number of aromatic nitrogens is 2. The summed E-state index contributed by atoms with van der Waals surface area (Å²) in [5.74, 6) is 2.17. The van der Waals surface area contributed by atoms with E-state index in [2.05, 4.69) is 4.98 Å². The number of sulfonamides is 1. The van der Waals surface area contributed by atoms with Gasteiger partial charge in [-0.3, -0.25) is 0 Å². The second-order valence-electron chi connectivity index (χ2n) is 8.34. The van der Waals surface area contributed by atoms with Crippen molar-refractivity contribution in [2.75, 3.05) is 14.2 Å². The monoisotopic (exact) mass is 469 g/mol.